The first kappa shape index (κ1) is 19.1. The fourth-order valence-corrected chi connectivity index (χ4v) is 3.27. The lowest BCUT2D eigenvalue weighted by Gasteiger charge is -2.30. The third kappa shape index (κ3) is 3.71. The molecular formula is C19H28IN3O. The standard InChI is InChI=1S/C19H28IN3O/c1-8-24-16-12(18(2,3)4)9-11(10-13(16)19(5,6)7)15-14(20)17(21)23-22-15/h9-10H,8H2,1-7H3,(H3,21,22,23). The van der Waals surface area contributed by atoms with Gasteiger partial charge in [0.2, 0.25) is 0 Å². The van der Waals surface area contributed by atoms with Gasteiger partial charge in [0.05, 0.1) is 15.9 Å². The van der Waals surface area contributed by atoms with E-state index in [0.29, 0.717) is 12.4 Å². The Kier molecular flexibility index (Phi) is 5.23. The number of aromatic nitrogens is 2. The molecule has 0 fully saturated rings. The van der Waals surface area contributed by atoms with Crippen LogP contribution in [0, 0.1) is 3.57 Å². The quantitative estimate of drug-likeness (QED) is 0.639. The smallest absolute Gasteiger partial charge is 0.159 e. The second-order valence-electron chi connectivity index (χ2n) is 8.13. The summed E-state index contributed by atoms with van der Waals surface area (Å²) in [5.41, 5.74) is 10.3. The molecule has 0 saturated heterocycles. The number of anilines is 1. The van der Waals surface area contributed by atoms with Crippen LogP contribution in [0.4, 0.5) is 5.82 Å². The molecule has 1 aromatic heterocycles. The molecule has 0 bridgehead atoms. The average Bonchev–Trinajstić information content (AvgIpc) is 2.77. The number of nitrogens with two attached hydrogens (primary N) is 1. The lowest BCUT2D eigenvalue weighted by Crippen LogP contribution is -2.20. The first-order chi connectivity index (χ1) is 11.0. The van der Waals surface area contributed by atoms with E-state index in [1.807, 2.05) is 6.92 Å². The van der Waals surface area contributed by atoms with Crippen molar-refractivity contribution < 1.29 is 4.74 Å². The van der Waals surface area contributed by atoms with Gasteiger partial charge in [-0.1, -0.05) is 41.5 Å². The summed E-state index contributed by atoms with van der Waals surface area (Å²) in [5, 5.41) is 7.22. The normalized spacial score (nSPS) is 12.5. The Labute approximate surface area is 158 Å². The van der Waals surface area contributed by atoms with E-state index in [2.05, 4.69) is 86.5 Å². The molecule has 0 spiro atoms. The van der Waals surface area contributed by atoms with Gasteiger partial charge in [-0.2, -0.15) is 5.10 Å². The van der Waals surface area contributed by atoms with E-state index in [9.17, 15) is 0 Å². The lowest BCUT2D eigenvalue weighted by molar-refractivity contribution is 0.319. The summed E-state index contributed by atoms with van der Waals surface area (Å²) in [7, 11) is 0. The number of hydrogen-bond donors (Lipinski definition) is 2. The number of rotatable bonds is 3. The topological polar surface area (TPSA) is 63.9 Å². The van der Waals surface area contributed by atoms with Gasteiger partial charge in [0, 0.05) is 16.7 Å². The predicted octanol–water partition coefficient (Wildman–Crippen LogP) is 5.26. The van der Waals surface area contributed by atoms with Crippen molar-refractivity contribution in [2.75, 3.05) is 12.3 Å². The first-order valence-corrected chi connectivity index (χ1v) is 9.36. The Bertz CT molecular complexity index is 701. The maximum absolute atomic E-state index is 6.10. The van der Waals surface area contributed by atoms with Crippen LogP contribution in [0.25, 0.3) is 11.3 Å². The monoisotopic (exact) mass is 441 g/mol. The molecule has 0 aliphatic heterocycles. The SMILES string of the molecule is CCOc1c(C(C)(C)C)cc(-c2[nH]nc(N)c2I)cc1C(C)(C)C. The van der Waals surface area contributed by atoms with Crippen molar-refractivity contribution >= 4 is 28.4 Å². The zero-order chi connectivity index (χ0) is 18.3. The number of halogens is 1. The van der Waals surface area contributed by atoms with Crippen LogP contribution in [0.1, 0.15) is 59.6 Å². The van der Waals surface area contributed by atoms with Gasteiger partial charge in [-0.3, -0.25) is 5.10 Å². The van der Waals surface area contributed by atoms with Crippen LogP contribution in [-0.4, -0.2) is 16.8 Å². The van der Waals surface area contributed by atoms with Gasteiger partial charge in [0.15, 0.2) is 5.82 Å². The highest BCUT2D eigenvalue weighted by Crippen LogP contribution is 2.43. The van der Waals surface area contributed by atoms with E-state index in [1.165, 1.54) is 11.1 Å². The minimum Gasteiger partial charge on any atom is -0.493 e. The highest BCUT2D eigenvalue weighted by atomic mass is 127. The van der Waals surface area contributed by atoms with E-state index >= 15 is 0 Å². The fraction of sp³-hybridized carbons (Fsp3) is 0.526. The van der Waals surface area contributed by atoms with E-state index in [0.717, 1.165) is 20.6 Å². The summed E-state index contributed by atoms with van der Waals surface area (Å²) in [6.07, 6.45) is 0. The Morgan fingerprint density at radius 1 is 1.08 bits per heavy atom. The van der Waals surface area contributed by atoms with Gasteiger partial charge < -0.3 is 10.5 Å². The molecule has 1 heterocycles. The summed E-state index contributed by atoms with van der Waals surface area (Å²) < 4.78 is 7.05. The zero-order valence-corrected chi connectivity index (χ0v) is 17.8. The van der Waals surface area contributed by atoms with E-state index in [1.54, 1.807) is 0 Å². The maximum Gasteiger partial charge on any atom is 0.159 e. The van der Waals surface area contributed by atoms with Crippen LogP contribution < -0.4 is 10.5 Å². The van der Waals surface area contributed by atoms with E-state index in [4.69, 9.17) is 10.5 Å². The van der Waals surface area contributed by atoms with Gasteiger partial charge >= 0.3 is 0 Å². The Morgan fingerprint density at radius 2 is 1.58 bits per heavy atom. The Morgan fingerprint density at radius 3 is 1.92 bits per heavy atom. The minimum absolute atomic E-state index is 0.0302. The molecule has 0 radical (unpaired) electrons. The van der Waals surface area contributed by atoms with Gasteiger partial charge in [-0.15, -0.1) is 0 Å². The molecule has 2 aromatic rings. The second-order valence-corrected chi connectivity index (χ2v) is 9.21. The summed E-state index contributed by atoms with van der Waals surface area (Å²) in [4.78, 5) is 0. The first-order valence-electron chi connectivity index (χ1n) is 8.28. The van der Waals surface area contributed by atoms with Crippen LogP contribution in [0.5, 0.6) is 5.75 Å². The molecule has 0 aliphatic carbocycles. The Balaban J connectivity index is 2.82. The zero-order valence-electron chi connectivity index (χ0n) is 15.7. The number of aromatic amines is 1. The lowest BCUT2D eigenvalue weighted by atomic mass is 9.78. The molecule has 0 saturated carbocycles. The molecule has 2 rings (SSSR count). The van der Waals surface area contributed by atoms with Crippen molar-refractivity contribution in [1.82, 2.24) is 10.2 Å². The number of H-pyrrole nitrogens is 1. The van der Waals surface area contributed by atoms with Crippen LogP contribution in [-0.2, 0) is 10.8 Å². The summed E-state index contributed by atoms with van der Waals surface area (Å²) in [6.45, 7) is 16.0. The van der Waals surface area contributed by atoms with Gasteiger partial charge in [-0.25, -0.2) is 0 Å². The number of hydrogen-bond acceptors (Lipinski definition) is 3. The van der Waals surface area contributed by atoms with Crippen molar-refractivity contribution in [3.05, 3.63) is 26.8 Å². The summed E-state index contributed by atoms with van der Waals surface area (Å²) in [6, 6.07) is 4.41. The third-order valence-corrected chi connectivity index (χ3v) is 5.11. The van der Waals surface area contributed by atoms with E-state index in [-0.39, 0.29) is 10.8 Å². The molecular weight excluding hydrogens is 413 g/mol. The highest BCUT2D eigenvalue weighted by molar-refractivity contribution is 14.1. The molecule has 24 heavy (non-hydrogen) atoms. The second kappa shape index (κ2) is 6.58. The van der Waals surface area contributed by atoms with Crippen molar-refractivity contribution in [2.24, 2.45) is 0 Å². The van der Waals surface area contributed by atoms with Crippen LogP contribution >= 0.6 is 22.6 Å². The average molecular weight is 441 g/mol. The molecule has 4 nitrogen and oxygen atoms in total. The minimum atomic E-state index is -0.0302. The van der Waals surface area contributed by atoms with Crippen molar-refractivity contribution in [1.29, 1.82) is 0 Å². The molecule has 0 amide bonds. The van der Waals surface area contributed by atoms with Crippen molar-refractivity contribution in [3.63, 3.8) is 0 Å². The summed E-state index contributed by atoms with van der Waals surface area (Å²) >= 11 is 2.24. The van der Waals surface area contributed by atoms with Gasteiger partial charge in [0.1, 0.15) is 5.75 Å². The maximum atomic E-state index is 6.10. The number of ether oxygens (including phenoxy) is 1. The van der Waals surface area contributed by atoms with E-state index < -0.39 is 0 Å². The predicted molar refractivity (Wildman–Crippen MR) is 110 cm³/mol. The molecule has 5 heteroatoms. The third-order valence-electron chi connectivity index (χ3n) is 4.01. The molecule has 1 aromatic carbocycles. The number of nitrogen functional groups attached to an aromatic ring is 1. The molecule has 0 unspecified atom stereocenters. The van der Waals surface area contributed by atoms with Crippen molar-refractivity contribution in [2.45, 2.75) is 59.3 Å². The van der Waals surface area contributed by atoms with Gasteiger partial charge in [0.25, 0.3) is 0 Å². The number of nitrogens with one attached hydrogen (secondary N) is 1. The molecule has 132 valence electrons. The molecule has 0 atom stereocenters. The highest BCUT2D eigenvalue weighted by Gasteiger charge is 2.28. The fourth-order valence-electron chi connectivity index (χ4n) is 2.72. The van der Waals surface area contributed by atoms with Crippen LogP contribution in [0.3, 0.4) is 0 Å². The number of nitrogens with zero attached hydrogens (tertiary/aromatic N) is 1. The van der Waals surface area contributed by atoms with Crippen LogP contribution in [0.2, 0.25) is 0 Å². The van der Waals surface area contributed by atoms with Crippen LogP contribution in [0.15, 0.2) is 12.1 Å². The van der Waals surface area contributed by atoms with Crippen molar-refractivity contribution in [3.8, 4) is 17.0 Å². The molecule has 3 N–H and O–H groups in total. The molecule has 0 aliphatic rings. The Hall–Kier alpha value is -1.24. The number of benzene rings is 1. The van der Waals surface area contributed by atoms with Gasteiger partial charge in [-0.05, 0) is 52.5 Å². The largest absolute Gasteiger partial charge is 0.493 e. The summed E-state index contributed by atoms with van der Waals surface area (Å²) in [5.74, 6) is 1.54.